The Balaban J connectivity index is 2.37. The number of carbonyl (C=O) groups is 2. The number of rotatable bonds is 6. The Labute approximate surface area is 104 Å². The van der Waals surface area contributed by atoms with Crippen molar-refractivity contribution in [3.63, 3.8) is 0 Å². The number of carbonyl (C=O) groups excluding carboxylic acids is 1. The van der Waals surface area contributed by atoms with Crippen molar-refractivity contribution in [3.05, 3.63) is 24.0 Å². The topological polar surface area (TPSA) is 101 Å². The number of aromatic carboxylic acids is 1. The molecule has 98 valence electrons. The first-order chi connectivity index (χ1) is 8.63. The molecule has 0 atom stereocenters. The van der Waals surface area contributed by atoms with Gasteiger partial charge in [0.05, 0.1) is 18.5 Å². The summed E-state index contributed by atoms with van der Waals surface area (Å²) in [5.41, 5.74) is 0.353. The summed E-state index contributed by atoms with van der Waals surface area (Å²) in [5.74, 6) is -1.11. The largest absolute Gasteiger partial charge is 0.477 e. The smallest absolute Gasteiger partial charge is 0.354 e. The van der Waals surface area contributed by atoms with E-state index in [9.17, 15) is 9.59 Å². The quantitative estimate of drug-likeness (QED) is 0.655. The first-order valence-corrected chi connectivity index (χ1v) is 5.45. The molecular weight excluding hydrogens is 238 g/mol. The van der Waals surface area contributed by atoms with Crippen molar-refractivity contribution in [2.24, 2.45) is 0 Å². The first-order valence-electron chi connectivity index (χ1n) is 5.45. The number of anilines is 1. The van der Waals surface area contributed by atoms with Gasteiger partial charge in [-0.05, 0) is 19.1 Å². The summed E-state index contributed by atoms with van der Waals surface area (Å²) in [6, 6.07) is 2.40. The SMILES string of the molecule is CCOCCNC(=O)Nc1ccc(C(=O)O)nc1. The van der Waals surface area contributed by atoms with E-state index in [1.165, 1.54) is 18.3 Å². The van der Waals surface area contributed by atoms with E-state index in [2.05, 4.69) is 15.6 Å². The summed E-state index contributed by atoms with van der Waals surface area (Å²) in [6.07, 6.45) is 1.28. The van der Waals surface area contributed by atoms with Gasteiger partial charge in [0.1, 0.15) is 5.69 Å². The van der Waals surface area contributed by atoms with Crippen LogP contribution in [-0.2, 0) is 4.74 Å². The van der Waals surface area contributed by atoms with Crippen molar-refractivity contribution in [2.45, 2.75) is 6.92 Å². The molecule has 0 radical (unpaired) electrons. The van der Waals surface area contributed by atoms with Crippen LogP contribution in [0.2, 0.25) is 0 Å². The van der Waals surface area contributed by atoms with Gasteiger partial charge in [-0.1, -0.05) is 0 Å². The van der Waals surface area contributed by atoms with Crippen LogP contribution in [0.3, 0.4) is 0 Å². The minimum atomic E-state index is -1.11. The molecule has 0 aliphatic carbocycles. The van der Waals surface area contributed by atoms with E-state index in [1.807, 2.05) is 6.92 Å². The summed E-state index contributed by atoms with van der Waals surface area (Å²) >= 11 is 0. The standard InChI is InChI=1S/C11H15N3O4/c1-2-18-6-5-12-11(17)14-8-3-4-9(10(15)16)13-7-8/h3-4,7H,2,5-6H2,1H3,(H,15,16)(H2,12,14,17). The number of urea groups is 1. The molecule has 0 bridgehead atoms. The molecule has 1 rings (SSSR count). The molecule has 1 heterocycles. The predicted octanol–water partition coefficient (Wildman–Crippen LogP) is 0.938. The van der Waals surface area contributed by atoms with Gasteiger partial charge in [-0.3, -0.25) is 0 Å². The third-order valence-corrected chi connectivity index (χ3v) is 1.98. The number of ether oxygens (including phenoxy) is 1. The highest BCUT2D eigenvalue weighted by Gasteiger charge is 2.05. The van der Waals surface area contributed by atoms with Crippen LogP contribution in [0.25, 0.3) is 0 Å². The minimum Gasteiger partial charge on any atom is -0.477 e. The third-order valence-electron chi connectivity index (χ3n) is 1.98. The number of pyridine rings is 1. The zero-order valence-corrected chi connectivity index (χ0v) is 9.97. The first kappa shape index (κ1) is 13.9. The minimum absolute atomic E-state index is 0.0719. The number of nitrogens with one attached hydrogen (secondary N) is 2. The van der Waals surface area contributed by atoms with Crippen LogP contribution in [0, 0.1) is 0 Å². The molecule has 1 aromatic rings. The second-order valence-electron chi connectivity index (χ2n) is 3.32. The van der Waals surface area contributed by atoms with E-state index in [-0.39, 0.29) is 11.7 Å². The van der Waals surface area contributed by atoms with E-state index in [1.54, 1.807) is 0 Å². The van der Waals surface area contributed by atoms with Crippen LogP contribution in [0.15, 0.2) is 18.3 Å². The summed E-state index contributed by atoms with van der Waals surface area (Å²) in [6.45, 7) is 3.32. The molecule has 0 spiro atoms. The number of amides is 2. The lowest BCUT2D eigenvalue weighted by Crippen LogP contribution is -2.31. The molecule has 7 heteroatoms. The number of nitrogens with zero attached hydrogens (tertiary/aromatic N) is 1. The fourth-order valence-electron chi connectivity index (χ4n) is 1.15. The second-order valence-corrected chi connectivity index (χ2v) is 3.32. The van der Waals surface area contributed by atoms with Crippen molar-refractivity contribution in [3.8, 4) is 0 Å². The Morgan fingerprint density at radius 3 is 2.78 bits per heavy atom. The van der Waals surface area contributed by atoms with Gasteiger partial charge in [0.2, 0.25) is 0 Å². The average molecular weight is 253 g/mol. The van der Waals surface area contributed by atoms with Gasteiger partial charge in [0, 0.05) is 13.2 Å². The summed E-state index contributed by atoms with van der Waals surface area (Å²) in [4.78, 5) is 25.6. The summed E-state index contributed by atoms with van der Waals surface area (Å²) in [5, 5.41) is 13.8. The van der Waals surface area contributed by atoms with E-state index >= 15 is 0 Å². The number of carboxylic acid groups (broad SMARTS) is 1. The van der Waals surface area contributed by atoms with Crippen LogP contribution >= 0.6 is 0 Å². The van der Waals surface area contributed by atoms with Gasteiger partial charge in [-0.25, -0.2) is 14.6 Å². The maximum Gasteiger partial charge on any atom is 0.354 e. The lowest BCUT2D eigenvalue weighted by Gasteiger charge is -2.07. The molecule has 0 saturated heterocycles. The molecule has 0 aromatic carbocycles. The highest BCUT2D eigenvalue weighted by Crippen LogP contribution is 2.05. The van der Waals surface area contributed by atoms with E-state index in [4.69, 9.17) is 9.84 Å². The predicted molar refractivity (Wildman–Crippen MR) is 64.7 cm³/mol. The van der Waals surface area contributed by atoms with Gasteiger partial charge in [0.15, 0.2) is 0 Å². The van der Waals surface area contributed by atoms with Gasteiger partial charge in [0.25, 0.3) is 0 Å². The van der Waals surface area contributed by atoms with Gasteiger partial charge in [-0.15, -0.1) is 0 Å². The third kappa shape index (κ3) is 4.79. The van der Waals surface area contributed by atoms with Crippen molar-refractivity contribution in [1.82, 2.24) is 10.3 Å². The average Bonchev–Trinajstić information content (AvgIpc) is 2.35. The van der Waals surface area contributed by atoms with Gasteiger partial charge >= 0.3 is 12.0 Å². The molecular formula is C11H15N3O4. The lowest BCUT2D eigenvalue weighted by atomic mass is 10.3. The molecule has 0 aliphatic rings. The molecule has 2 amide bonds. The number of hydrogen-bond donors (Lipinski definition) is 3. The van der Waals surface area contributed by atoms with Crippen LogP contribution in [0.4, 0.5) is 10.5 Å². The van der Waals surface area contributed by atoms with Crippen LogP contribution in [-0.4, -0.2) is 41.8 Å². The zero-order valence-electron chi connectivity index (χ0n) is 9.97. The van der Waals surface area contributed by atoms with Crippen LogP contribution < -0.4 is 10.6 Å². The van der Waals surface area contributed by atoms with Crippen molar-refractivity contribution in [1.29, 1.82) is 0 Å². The highest BCUT2D eigenvalue weighted by molar-refractivity contribution is 5.90. The molecule has 0 fully saturated rings. The molecule has 7 nitrogen and oxygen atoms in total. The molecule has 3 N–H and O–H groups in total. The monoisotopic (exact) mass is 253 g/mol. The Hall–Kier alpha value is -2.15. The molecule has 1 aromatic heterocycles. The highest BCUT2D eigenvalue weighted by atomic mass is 16.5. The number of aromatic nitrogens is 1. The Morgan fingerprint density at radius 2 is 2.22 bits per heavy atom. The van der Waals surface area contributed by atoms with Crippen molar-refractivity contribution >= 4 is 17.7 Å². The van der Waals surface area contributed by atoms with Crippen molar-refractivity contribution < 1.29 is 19.4 Å². The normalized spacial score (nSPS) is 9.83. The van der Waals surface area contributed by atoms with Crippen LogP contribution in [0.5, 0.6) is 0 Å². The van der Waals surface area contributed by atoms with Gasteiger partial charge < -0.3 is 20.5 Å². The van der Waals surface area contributed by atoms with E-state index in [0.29, 0.717) is 25.4 Å². The molecule has 18 heavy (non-hydrogen) atoms. The summed E-state index contributed by atoms with van der Waals surface area (Å²) < 4.78 is 5.06. The van der Waals surface area contributed by atoms with E-state index < -0.39 is 5.97 Å². The molecule has 0 unspecified atom stereocenters. The van der Waals surface area contributed by atoms with E-state index in [0.717, 1.165) is 0 Å². The fourth-order valence-corrected chi connectivity index (χ4v) is 1.15. The number of carboxylic acids is 1. The fraction of sp³-hybridized carbons (Fsp3) is 0.364. The zero-order chi connectivity index (χ0) is 13.4. The second kappa shape index (κ2) is 7.23. The Kier molecular flexibility index (Phi) is 5.59. The lowest BCUT2D eigenvalue weighted by molar-refractivity contribution is 0.0690. The maximum atomic E-state index is 11.4. The molecule has 0 aliphatic heterocycles. The van der Waals surface area contributed by atoms with Crippen molar-refractivity contribution in [2.75, 3.05) is 25.1 Å². The Morgan fingerprint density at radius 1 is 1.44 bits per heavy atom. The van der Waals surface area contributed by atoms with Gasteiger partial charge in [-0.2, -0.15) is 0 Å². The molecule has 0 saturated carbocycles. The van der Waals surface area contributed by atoms with Crippen LogP contribution in [0.1, 0.15) is 17.4 Å². The Bertz CT molecular complexity index is 405. The maximum absolute atomic E-state index is 11.4. The number of hydrogen-bond acceptors (Lipinski definition) is 4. The summed E-state index contributed by atoms with van der Waals surface area (Å²) in [7, 11) is 0.